The lowest BCUT2D eigenvalue weighted by atomic mass is 10.0. The molecule has 2 aliphatic heterocycles. The maximum atomic E-state index is 16.3. The second-order valence-corrected chi connectivity index (χ2v) is 11.2. The first-order chi connectivity index (χ1) is 19.2. The number of nitrogen functional groups attached to an aromatic ring is 1. The van der Waals surface area contributed by atoms with E-state index in [9.17, 15) is 14.7 Å². The summed E-state index contributed by atoms with van der Waals surface area (Å²) in [4.78, 5) is 28.7. The van der Waals surface area contributed by atoms with Gasteiger partial charge in [0.1, 0.15) is 11.3 Å². The topological polar surface area (TPSA) is 98.3 Å². The number of aromatic carboxylic acids is 1. The summed E-state index contributed by atoms with van der Waals surface area (Å²) in [6.07, 6.45) is 2.61. The Bertz CT molecular complexity index is 1510. The second kappa shape index (κ2) is 10.0. The fourth-order valence-electron chi connectivity index (χ4n) is 6.50. The molecule has 3 aromatic rings. The number of halogens is 2. The maximum absolute atomic E-state index is 16.3. The summed E-state index contributed by atoms with van der Waals surface area (Å²) in [6, 6.07) is 10.1. The van der Waals surface area contributed by atoms with Gasteiger partial charge in [0.2, 0.25) is 5.43 Å². The number of rotatable bonds is 5. The lowest BCUT2D eigenvalue weighted by Gasteiger charge is -2.52. The summed E-state index contributed by atoms with van der Waals surface area (Å²) < 4.78 is 33.6. The van der Waals surface area contributed by atoms with Crippen LogP contribution in [0, 0.1) is 11.6 Å². The van der Waals surface area contributed by atoms with E-state index in [2.05, 4.69) is 27.1 Å². The normalized spacial score (nSPS) is 22.7. The van der Waals surface area contributed by atoms with Gasteiger partial charge in [-0.1, -0.05) is 18.2 Å². The number of fused-ring (bicyclic) bond motifs is 1. The first-order valence-electron chi connectivity index (χ1n) is 13.8. The SMILES string of the molecule is CC1CN(c2c(F)c(N)c3c(=O)c(C(=O)O)cn(C4CC4)c3c2F)CC(C)N1N1CCN(c2ccccc2)CC1. The highest BCUT2D eigenvalue weighted by Gasteiger charge is 2.38. The van der Waals surface area contributed by atoms with E-state index in [0.29, 0.717) is 25.9 Å². The molecular formula is C29H34F2N6O3. The number of carboxylic acid groups (broad SMARTS) is 1. The van der Waals surface area contributed by atoms with Crippen molar-refractivity contribution in [3.8, 4) is 0 Å². The number of nitrogens with zero attached hydrogens (tertiary/aromatic N) is 5. The monoisotopic (exact) mass is 552 g/mol. The summed E-state index contributed by atoms with van der Waals surface area (Å²) >= 11 is 0. The van der Waals surface area contributed by atoms with Crippen LogP contribution in [0.4, 0.5) is 25.8 Å². The minimum Gasteiger partial charge on any atom is -0.477 e. The number of benzene rings is 2. The van der Waals surface area contributed by atoms with Gasteiger partial charge >= 0.3 is 5.97 Å². The third kappa shape index (κ3) is 4.37. The van der Waals surface area contributed by atoms with Crippen molar-refractivity contribution < 1.29 is 18.7 Å². The molecule has 3 heterocycles. The van der Waals surface area contributed by atoms with Crippen molar-refractivity contribution >= 4 is 33.9 Å². The van der Waals surface area contributed by atoms with Crippen LogP contribution in [0.25, 0.3) is 10.9 Å². The second-order valence-electron chi connectivity index (χ2n) is 11.2. The molecule has 1 saturated carbocycles. The van der Waals surface area contributed by atoms with Gasteiger partial charge in [-0.05, 0) is 38.8 Å². The quantitative estimate of drug-likeness (QED) is 0.464. The number of aromatic nitrogens is 1. The zero-order chi connectivity index (χ0) is 28.3. The van der Waals surface area contributed by atoms with Gasteiger partial charge in [0, 0.05) is 69.3 Å². The van der Waals surface area contributed by atoms with Crippen molar-refractivity contribution in [2.24, 2.45) is 0 Å². The third-order valence-corrected chi connectivity index (χ3v) is 8.43. The summed E-state index contributed by atoms with van der Waals surface area (Å²) in [5.74, 6) is -3.34. The zero-order valence-corrected chi connectivity index (χ0v) is 22.7. The van der Waals surface area contributed by atoms with E-state index in [-0.39, 0.29) is 29.3 Å². The van der Waals surface area contributed by atoms with Crippen LogP contribution < -0.4 is 21.0 Å². The highest BCUT2D eigenvalue weighted by atomic mass is 19.1. The highest BCUT2D eigenvalue weighted by Crippen LogP contribution is 2.42. The molecule has 0 spiro atoms. The van der Waals surface area contributed by atoms with Crippen molar-refractivity contribution in [1.29, 1.82) is 0 Å². The molecule has 0 radical (unpaired) electrons. The average Bonchev–Trinajstić information content (AvgIpc) is 3.78. The number of anilines is 3. The molecule has 11 heteroatoms. The Kier molecular flexibility index (Phi) is 6.66. The average molecular weight is 553 g/mol. The molecule has 2 saturated heterocycles. The lowest BCUT2D eigenvalue weighted by Crippen LogP contribution is -2.65. The minimum atomic E-state index is -1.45. The number of piperazine rings is 2. The number of pyridine rings is 1. The van der Waals surface area contributed by atoms with Gasteiger partial charge in [-0.3, -0.25) is 4.79 Å². The Morgan fingerprint density at radius 3 is 2.15 bits per heavy atom. The molecule has 6 rings (SSSR count). The van der Waals surface area contributed by atoms with Crippen molar-refractivity contribution in [2.75, 3.05) is 54.8 Å². The molecule has 2 aromatic carbocycles. The van der Waals surface area contributed by atoms with E-state index in [1.54, 1.807) is 4.90 Å². The smallest absolute Gasteiger partial charge is 0.341 e. The number of para-hydroxylation sites is 1. The van der Waals surface area contributed by atoms with Crippen LogP contribution in [0.3, 0.4) is 0 Å². The van der Waals surface area contributed by atoms with Gasteiger partial charge in [0.25, 0.3) is 0 Å². The standard InChI is InChI=1S/C29H34F2N6O3/c1-17-14-34(15-18(2)37(17)35-12-10-33(11-13-35)19-6-4-3-5-7-19)27-23(30)25(32)22-26(24(27)31)36(20-8-9-20)16-21(28(22)38)29(39)40/h3-7,16-18,20H,8-15,32H2,1-2H3,(H,39,40). The van der Waals surface area contributed by atoms with Gasteiger partial charge in [-0.25, -0.2) is 23.6 Å². The fourth-order valence-corrected chi connectivity index (χ4v) is 6.50. The molecule has 212 valence electrons. The molecule has 3 fully saturated rings. The van der Waals surface area contributed by atoms with E-state index in [1.807, 2.05) is 32.0 Å². The third-order valence-electron chi connectivity index (χ3n) is 8.43. The minimum absolute atomic E-state index is 0.0391. The van der Waals surface area contributed by atoms with Gasteiger partial charge in [0.05, 0.1) is 16.6 Å². The Morgan fingerprint density at radius 2 is 1.57 bits per heavy atom. The van der Waals surface area contributed by atoms with Crippen molar-refractivity contribution in [1.82, 2.24) is 14.6 Å². The molecule has 0 amide bonds. The van der Waals surface area contributed by atoms with Crippen LogP contribution in [-0.4, -0.2) is 77.0 Å². The molecule has 0 bridgehead atoms. The predicted octanol–water partition coefficient (Wildman–Crippen LogP) is 3.53. The van der Waals surface area contributed by atoms with E-state index < -0.39 is 39.7 Å². The van der Waals surface area contributed by atoms with Crippen LogP contribution in [0.1, 0.15) is 43.1 Å². The van der Waals surface area contributed by atoms with Crippen molar-refractivity contribution in [3.05, 3.63) is 63.9 Å². The van der Waals surface area contributed by atoms with E-state index >= 15 is 8.78 Å². The predicted molar refractivity (Wildman–Crippen MR) is 151 cm³/mol. The maximum Gasteiger partial charge on any atom is 0.341 e. The molecular weight excluding hydrogens is 518 g/mol. The number of hydrogen-bond donors (Lipinski definition) is 2. The van der Waals surface area contributed by atoms with Crippen LogP contribution in [0.2, 0.25) is 0 Å². The molecule has 1 aliphatic carbocycles. The fraction of sp³-hybridized carbons (Fsp3) is 0.448. The van der Waals surface area contributed by atoms with Crippen molar-refractivity contribution in [2.45, 2.75) is 44.8 Å². The van der Waals surface area contributed by atoms with E-state index in [1.165, 1.54) is 16.5 Å². The largest absolute Gasteiger partial charge is 0.477 e. The summed E-state index contributed by atoms with van der Waals surface area (Å²) in [7, 11) is 0. The Balaban J connectivity index is 1.30. The summed E-state index contributed by atoms with van der Waals surface area (Å²) in [5, 5.41) is 13.8. The number of hydrazine groups is 1. The number of nitrogens with two attached hydrogens (primary N) is 1. The van der Waals surface area contributed by atoms with Crippen LogP contribution in [0.15, 0.2) is 41.3 Å². The number of carbonyl (C=O) groups is 1. The van der Waals surface area contributed by atoms with Gasteiger partial charge in [0.15, 0.2) is 11.6 Å². The van der Waals surface area contributed by atoms with Crippen LogP contribution >= 0.6 is 0 Å². The molecule has 40 heavy (non-hydrogen) atoms. The van der Waals surface area contributed by atoms with E-state index in [4.69, 9.17) is 5.73 Å². The van der Waals surface area contributed by atoms with Crippen molar-refractivity contribution in [3.63, 3.8) is 0 Å². The van der Waals surface area contributed by atoms with Gasteiger partial charge in [-0.15, -0.1) is 0 Å². The Hall–Kier alpha value is -3.70. The van der Waals surface area contributed by atoms with Gasteiger partial charge < -0.3 is 25.2 Å². The Labute approximate surface area is 230 Å². The Morgan fingerprint density at radius 1 is 0.950 bits per heavy atom. The first kappa shape index (κ1) is 26.5. The summed E-state index contributed by atoms with van der Waals surface area (Å²) in [6.45, 7) is 8.27. The zero-order valence-electron chi connectivity index (χ0n) is 22.7. The summed E-state index contributed by atoms with van der Waals surface area (Å²) in [5.41, 5.74) is 4.94. The number of carboxylic acids is 1. The molecule has 2 atom stereocenters. The lowest BCUT2D eigenvalue weighted by molar-refractivity contribution is -0.0945. The molecule has 2 unspecified atom stereocenters. The molecule has 9 nitrogen and oxygen atoms in total. The van der Waals surface area contributed by atoms with E-state index in [0.717, 1.165) is 26.2 Å². The molecule has 3 N–H and O–H groups in total. The van der Waals surface area contributed by atoms with Gasteiger partial charge in [-0.2, -0.15) is 0 Å². The number of hydrogen-bond acceptors (Lipinski definition) is 7. The first-order valence-corrected chi connectivity index (χ1v) is 13.8. The molecule has 1 aromatic heterocycles. The highest BCUT2D eigenvalue weighted by molar-refractivity contribution is 5.99. The van der Waals surface area contributed by atoms with Crippen LogP contribution in [0.5, 0.6) is 0 Å². The molecule has 3 aliphatic rings. The van der Waals surface area contributed by atoms with Crippen LogP contribution in [-0.2, 0) is 0 Å².